The molecular formula is C23H28FN2O+. The van der Waals surface area contributed by atoms with Gasteiger partial charge >= 0.3 is 0 Å². The van der Waals surface area contributed by atoms with Crippen molar-refractivity contribution in [3.05, 3.63) is 71.5 Å². The molecule has 1 amide bonds. The topological polar surface area (TPSA) is 24.8 Å². The van der Waals surface area contributed by atoms with Gasteiger partial charge in [0.2, 0.25) is 0 Å². The SMILES string of the molecule is C[NH+]1[C@@H]2CC[C@H]1CC(N(CCc1ccccc1)C(=O)c1ccc(F)cc1)C2. The fourth-order valence-corrected chi connectivity index (χ4v) is 4.91. The van der Waals surface area contributed by atoms with Gasteiger partial charge in [0.05, 0.1) is 19.1 Å². The number of quaternary nitrogens is 1. The fourth-order valence-electron chi connectivity index (χ4n) is 4.91. The Balaban J connectivity index is 1.55. The molecule has 2 aliphatic heterocycles. The van der Waals surface area contributed by atoms with E-state index in [4.69, 9.17) is 0 Å². The normalized spacial score (nSPS) is 26.7. The van der Waals surface area contributed by atoms with Crippen LogP contribution in [0.2, 0.25) is 0 Å². The summed E-state index contributed by atoms with van der Waals surface area (Å²) in [7, 11) is 2.30. The van der Waals surface area contributed by atoms with Gasteiger partial charge in [-0.3, -0.25) is 4.79 Å². The first-order chi connectivity index (χ1) is 13.1. The molecule has 27 heavy (non-hydrogen) atoms. The number of rotatable bonds is 5. The van der Waals surface area contributed by atoms with Crippen molar-refractivity contribution in [2.75, 3.05) is 13.6 Å². The third-order valence-corrected chi connectivity index (χ3v) is 6.54. The minimum absolute atomic E-state index is 0.0369. The third-order valence-electron chi connectivity index (χ3n) is 6.54. The molecule has 0 saturated carbocycles. The number of amides is 1. The molecule has 1 N–H and O–H groups in total. The number of piperidine rings is 1. The van der Waals surface area contributed by atoms with E-state index in [1.807, 2.05) is 18.2 Å². The van der Waals surface area contributed by atoms with Crippen molar-refractivity contribution >= 4 is 5.91 Å². The molecule has 2 fully saturated rings. The van der Waals surface area contributed by atoms with Gasteiger partial charge in [-0.25, -0.2) is 4.39 Å². The fraction of sp³-hybridized carbons (Fsp3) is 0.435. The Kier molecular flexibility index (Phi) is 5.26. The van der Waals surface area contributed by atoms with E-state index in [2.05, 4.69) is 24.1 Å². The van der Waals surface area contributed by atoms with E-state index < -0.39 is 0 Å². The smallest absolute Gasteiger partial charge is 0.254 e. The largest absolute Gasteiger partial charge is 0.335 e. The second kappa shape index (κ2) is 7.81. The monoisotopic (exact) mass is 367 g/mol. The summed E-state index contributed by atoms with van der Waals surface area (Å²) in [5, 5.41) is 0. The molecule has 2 saturated heterocycles. The summed E-state index contributed by atoms with van der Waals surface area (Å²) < 4.78 is 13.3. The molecule has 4 atom stereocenters. The quantitative estimate of drug-likeness (QED) is 0.864. The van der Waals surface area contributed by atoms with E-state index in [1.165, 1.54) is 30.5 Å². The summed E-state index contributed by atoms with van der Waals surface area (Å²) in [6, 6.07) is 17.9. The molecule has 2 unspecified atom stereocenters. The van der Waals surface area contributed by atoms with Gasteiger partial charge in [-0.05, 0) is 36.2 Å². The van der Waals surface area contributed by atoms with Crippen molar-refractivity contribution in [2.24, 2.45) is 0 Å². The van der Waals surface area contributed by atoms with E-state index in [-0.39, 0.29) is 17.8 Å². The Morgan fingerprint density at radius 3 is 2.30 bits per heavy atom. The number of fused-ring (bicyclic) bond motifs is 2. The Hall–Kier alpha value is -2.20. The average molecular weight is 367 g/mol. The number of nitrogens with zero attached hydrogens (tertiary/aromatic N) is 1. The van der Waals surface area contributed by atoms with Crippen LogP contribution in [0.3, 0.4) is 0 Å². The highest BCUT2D eigenvalue weighted by atomic mass is 19.1. The first-order valence-electron chi connectivity index (χ1n) is 10.1. The molecule has 2 aromatic rings. The molecule has 0 aromatic heterocycles. The van der Waals surface area contributed by atoms with Crippen LogP contribution in [-0.2, 0) is 6.42 Å². The second-order valence-corrected chi connectivity index (χ2v) is 8.08. The van der Waals surface area contributed by atoms with Crippen molar-refractivity contribution in [1.82, 2.24) is 4.90 Å². The van der Waals surface area contributed by atoms with E-state index in [1.54, 1.807) is 17.0 Å². The average Bonchev–Trinajstić information content (AvgIpc) is 2.90. The van der Waals surface area contributed by atoms with Crippen LogP contribution in [0, 0.1) is 5.82 Å². The minimum Gasteiger partial charge on any atom is -0.335 e. The van der Waals surface area contributed by atoms with Crippen LogP contribution in [0.15, 0.2) is 54.6 Å². The Morgan fingerprint density at radius 1 is 1.04 bits per heavy atom. The lowest BCUT2D eigenvalue weighted by Gasteiger charge is -2.40. The maximum atomic E-state index is 13.3. The van der Waals surface area contributed by atoms with Gasteiger partial charge in [0.15, 0.2) is 0 Å². The summed E-state index contributed by atoms with van der Waals surface area (Å²) in [5.74, 6) is -0.266. The number of nitrogens with one attached hydrogen (secondary N) is 1. The molecular weight excluding hydrogens is 339 g/mol. The van der Waals surface area contributed by atoms with Gasteiger partial charge < -0.3 is 9.80 Å². The number of carbonyl (C=O) groups is 1. The lowest BCUT2D eigenvalue weighted by atomic mass is 9.95. The van der Waals surface area contributed by atoms with E-state index in [9.17, 15) is 9.18 Å². The van der Waals surface area contributed by atoms with Gasteiger partial charge in [0, 0.05) is 43.8 Å². The van der Waals surface area contributed by atoms with Gasteiger partial charge in [-0.2, -0.15) is 0 Å². The van der Waals surface area contributed by atoms with Crippen LogP contribution >= 0.6 is 0 Å². The molecule has 2 aliphatic rings. The molecule has 4 rings (SSSR count). The zero-order chi connectivity index (χ0) is 18.8. The molecule has 3 nitrogen and oxygen atoms in total. The number of hydrogen-bond acceptors (Lipinski definition) is 1. The summed E-state index contributed by atoms with van der Waals surface area (Å²) >= 11 is 0. The Labute approximate surface area is 160 Å². The summed E-state index contributed by atoms with van der Waals surface area (Å²) in [6.45, 7) is 0.712. The van der Waals surface area contributed by atoms with Crippen LogP contribution < -0.4 is 4.90 Å². The van der Waals surface area contributed by atoms with Crippen LogP contribution in [-0.4, -0.2) is 42.5 Å². The predicted octanol–water partition coefficient (Wildman–Crippen LogP) is 2.72. The first kappa shape index (κ1) is 18.2. The van der Waals surface area contributed by atoms with Crippen molar-refractivity contribution in [2.45, 2.75) is 50.2 Å². The van der Waals surface area contributed by atoms with Crippen molar-refractivity contribution in [3.8, 4) is 0 Å². The lowest BCUT2D eigenvalue weighted by molar-refractivity contribution is -0.922. The van der Waals surface area contributed by atoms with Gasteiger partial charge in [0.1, 0.15) is 5.82 Å². The zero-order valence-corrected chi connectivity index (χ0v) is 15.9. The van der Waals surface area contributed by atoms with Crippen LogP contribution in [0.25, 0.3) is 0 Å². The number of benzene rings is 2. The molecule has 2 heterocycles. The molecule has 0 spiro atoms. The van der Waals surface area contributed by atoms with Gasteiger partial charge in [-0.1, -0.05) is 30.3 Å². The molecule has 0 radical (unpaired) electrons. The Bertz CT molecular complexity index is 763. The molecule has 0 aliphatic carbocycles. The standard InChI is InChI=1S/C23H27FN2O/c1-25-20-11-12-21(25)16-22(15-20)26(14-13-17-5-3-2-4-6-17)23(27)18-7-9-19(24)10-8-18/h2-10,20-22H,11-16H2,1H3/p+1/t20-,21+,22?. The summed E-state index contributed by atoms with van der Waals surface area (Å²) in [4.78, 5) is 17.0. The van der Waals surface area contributed by atoms with Crippen LogP contribution in [0.4, 0.5) is 4.39 Å². The molecule has 142 valence electrons. The molecule has 2 bridgehead atoms. The summed E-state index contributed by atoms with van der Waals surface area (Å²) in [6.07, 6.45) is 5.53. The van der Waals surface area contributed by atoms with Crippen molar-refractivity contribution < 1.29 is 14.1 Å². The van der Waals surface area contributed by atoms with Crippen LogP contribution in [0.5, 0.6) is 0 Å². The lowest BCUT2D eigenvalue weighted by Crippen LogP contribution is -3.15. The van der Waals surface area contributed by atoms with E-state index in [0.717, 1.165) is 19.3 Å². The minimum atomic E-state index is -0.302. The van der Waals surface area contributed by atoms with Crippen molar-refractivity contribution in [3.63, 3.8) is 0 Å². The predicted molar refractivity (Wildman–Crippen MR) is 104 cm³/mol. The number of halogens is 1. The van der Waals surface area contributed by atoms with E-state index >= 15 is 0 Å². The van der Waals surface area contributed by atoms with Gasteiger partial charge in [-0.15, -0.1) is 0 Å². The maximum absolute atomic E-state index is 13.3. The van der Waals surface area contributed by atoms with Crippen molar-refractivity contribution in [1.29, 1.82) is 0 Å². The second-order valence-electron chi connectivity index (χ2n) is 8.08. The number of carbonyl (C=O) groups excluding carboxylic acids is 1. The zero-order valence-electron chi connectivity index (χ0n) is 15.9. The number of hydrogen-bond donors (Lipinski definition) is 1. The molecule has 2 aromatic carbocycles. The van der Waals surface area contributed by atoms with Crippen LogP contribution in [0.1, 0.15) is 41.6 Å². The molecule has 4 heteroatoms. The third kappa shape index (κ3) is 3.91. The summed E-state index contributed by atoms with van der Waals surface area (Å²) in [5.41, 5.74) is 1.83. The Morgan fingerprint density at radius 2 is 1.67 bits per heavy atom. The van der Waals surface area contributed by atoms with E-state index in [0.29, 0.717) is 24.2 Å². The van der Waals surface area contributed by atoms with Gasteiger partial charge in [0.25, 0.3) is 5.91 Å². The highest BCUT2D eigenvalue weighted by Crippen LogP contribution is 2.27. The first-order valence-corrected chi connectivity index (χ1v) is 10.1. The highest BCUT2D eigenvalue weighted by Gasteiger charge is 2.44. The highest BCUT2D eigenvalue weighted by molar-refractivity contribution is 5.94. The maximum Gasteiger partial charge on any atom is 0.254 e.